The SMILES string of the molecule is CC(=O)C(N)C(O)(O)c1c(O)cc(C)cc1O. The van der Waals surface area contributed by atoms with E-state index in [4.69, 9.17) is 5.73 Å². The third-order valence-corrected chi connectivity index (χ3v) is 2.48. The summed E-state index contributed by atoms with van der Waals surface area (Å²) in [5, 5.41) is 38.7. The molecular formula is C11H15NO5. The molecule has 0 bridgehead atoms. The van der Waals surface area contributed by atoms with Crippen molar-refractivity contribution in [1.82, 2.24) is 0 Å². The summed E-state index contributed by atoms with van der Waals surface area (Å²) in [7, 11) is 0. The predicted octanol–water partition coefficient (Wildman–Crippen LogP) is -0.540. The van der Waals surface area contributed by atoms with Crippen LogP contribution in [0.3, 0.4) is 0 Å². The summed E-state index contributed by atoms with van der Waals surface area (Å²) in [4.78, 5) is 11.0. The first-order valence-electron chi connectivity index (χ1n) is 4.91. The number of rotatable bonds is 3. The van der Waals surface area contributed by atoms with Gasteiger partial charge < -0.3 is 26.2 Å². The zero-order valence-corrected chi connectivity index (χ0v) is 9.51. The second-order valence-corrected chi connectivity index (χ2v) is 3.99. The van der Waals surface area contributed by atoms with E-state index < -0.39 is 34.7 Å². The van der Waals surface area contributed by atoms with Crippen LogP contribution in [-0.2, 0) is 10.6 Å². The highest BCUT2D eigenvalue weighted by Crippen LogP contribution is 2.37. The molecule has 17 heavy (non-hydrogen) atoms. The second kappa shape index (κ2) is 4.33. The van der Waals surface area contributed by atoms with Crippen molar-refractivity contribution in [1.29, 1.82) is 0 Å². The topological polar surface area (TPSA) is 124 Å². The number of Topliss-reactive ketones (excluding diaryl/α,β-unsaturated/α-hetero) is 1. The van der Waals surface area contributed by atoms with Crippen molar-refractivity contribution in [2.45, 2.75) is 25.7 Å². The normalized spacial score (nSPS) is 13.5. The Morgan fingerprint density at radius 2 is 1.71 bits per heavy atom. The van der Waals surface area contributed by atoms with Crippen LogP contribution in [0.2, 0.25) is 0 Å². The van der Waals surface area contributed by atoms with Crippen molar-refractivity contribution in [2.24, 2.45) is 5.73 Å². The van der Waals surface area contributed by atoms with Crippen LogP contribution in [0.15, 0.2) is 12.1 Å². The highest BCUT2D eigenvalue weighted by atomic mass is 16.5. The molecule has 1 aromatic carbocycles. The number of hydrogen-bond donors (Lipinski definition) is 5. The standard InChI is InChI=1S/C11H15NO5/c1-5-3-7(14)9(8(15)4-5)11(16,17)10(12)6(2)13/h3-4,10,14-17H,12H2,1-2H3. The molecule has 0 saturated heterocycles. The van der Waals surface area contributed by atoms with Crippen LogP contribution >= 0.6 is 0 Å². The Labute approximate surface area is 97.9 Å². The molecule has 0 saturated carbocycles. The molecule has 1 aromatic rings. The van der Waals surface area contributed by atoms with Crippen molar-refractivity contribution in [2.75, 3.05) is 0 Å². The van der Waals surface area contributed by atoms with Crippen LogP contribution in [0.1, 0.15) is 18.1 Å². The largest absolute Gasteiger partial charge is 0.507 e. The molecule has 1 rings (SSSR count). The van der Waals surface area contributed by atoms with Gasteiger partial charge in [-0.15, -0.1) is 0 Å². The third-order valence-electron chi connectivity index (χ3n) is 2.48. The van der Waals surface area contributed by atoms with Crippen LogP contribution in [0.5, 0.6) is 11.5 Å². The minimum Gasteiger partial charge on any atom is -0.507 e. The van der Waals surface area contributed by atoms with E-state index in [2.05, 4.69) is 0 Å². The molecule has 0 fully saturated rings. The molecule has 0 aliphatic rings. The molecule has 6 heteroatoms. The maximum atomic E-state index is 11.0. The van der Waals surface area contributed by atoms with Crippen molar-refractivity contribution >= 4 is 5.78 Å². The molecule has 1 atom stereocenters. The number of phenols is 2. The minimum atomic E-state index is -2.83. The fourth-order valence-corrected chi connectivity index (χ4v) is 1.56. The Balaban J connectivity index is 3.38. The summed E-state index contributed by atoms with van der Waals surface area (Å²) >= 11 is 0. The van der Waals surface area contributed by atoms with Crippen LogP contribution in [-0.4, -0.2) is 32.3 Å². The molecule has 0 amide bonds. The van der Waals surface area contributed by atoms with Gasteiger partial charge in [-0.3, -0.25) is 4.79 Å². The van der Waals surface area contributed by atoms with Gasteiger partial charge in [0.1, 0.15) is 17.5 Å². The quantitative estimate of drug-likeness (QED) is 0.453. The van der Waals surface area contributed by atoms with Gasteiger partial charge in [-0.1, -0.05) is 0 Å². The summed E-state index contributed by atoms with van der Waals surface area (Å²) in [6.45, 7) is 2.68. The van der Waals surface area contributed by atoms with E-state index in [-0.39, 0.29) is 0 Å². The summed E-state index contributed by atoms with van der Waals surface area (Å²) in [6, 6.07) is 0.786. The van der Waals surface area contributed by atoms with Gasteiger partial charge in [0, 0.05) is 0 Å². The van der Waals surface area contributed by atoms with Gasteiger partial charge in [0.25, 0.3) is 0 Å². The lowest BCUT2D eigenvalue weighted by Crippen LogP contribution is -2.49. The molecule has 0 spiro atoms. The van der Waals surface area contributed by atoms with E-state index in [0.717, 1.165) is 6.92 Å². The number of aromatic hydroxyl groups is 2. The number of carbonyl (C=O) groups excluding carboxylic acids is 1. The van der Waals surface area contributed by atoms with E-state index >= 15 is 0 Å². The van der Waals surface area contributed by atoms with Crippen LogP contribution in [0.4, 0.5) is 0 Å². The fourth-order valence-electron chi connectivity index (χ4n) is 1.56. The van der Waals surface area contributed by atoms with Crippen molar-refractivity contribution in [3.8, 4) is 11.5 Å². The summed E-state index contributed by atoms with van der Waals surface area (Å²) in [5.74, 6) is -4.59. The first kappa shape index (κ1) is 13.4. The van der Waals surface area contributed by atoms with E-state index in [1.54, 1.807) is 6.92 Å². The Kier molecular flexibility index (Phi) is 3.42. The number of nitrogens with two attached hydrogens (primary N) is 1. The minimum absolute atomic E-state index is 0.524. The van der Waals surface area contributed by atoms with E-state index in [9.17, 15) is 25.2 Å². The average Bonchev–Trinajstić information content (AvgIpc) is 2.13. The van der Waals surface area contributed by atoms with E-state index in [1.165, 1.54) is 12.1 Å². The van der Waals surface area contributed by atoms with Crippen LogP contribution < -0.4 is 5.73 Å². The average molecular weight is 241 g/mol. The molecule has 1 unspecified atom stereocenters. The molecule has 0 aliphatic carbocycles. The molecule has 0 aromatic heterocycles. The zero-order chi connectivity index (χ0) is 13.4. The first-order chi connectivity index (χ1) is 7.67. The van der Waals surface area contributed by atoms with Gasteiger partial charge in [0.15, 0.2) is 5.78 Å². The van der Waals surface area contributed by atoms with Gasteiger partial charge in [-0.2, -0.15) is 0 Å². The van der Waals surface area contributed by atoms with Crippen molar-refractivity contribution in [3.63, 3.8) is 0 Å². The van der Waals surface area contributed by atoms with Crippen molar-refractivity contribution in [3.05, 3.63) is 23.3 Å². The van der Waals surface area contributed by atoms with Crippen molar-refractivity contribution < 1.29 is 25.2 Å². The summed E-state index contributed by atoms with van der Waals surface area (Å²) in [6.07, 6.45) is 0. The Morgan fingerprint density at radius 3 is 2.06 bits per heavy atom. The zero-order valence-electron chi connectivity index (χ0n) is 9.51. The third kappa shape index (κ3) is 2.38. The highest BCUT2D eigenvalue weighted by molar-refractivity contribution is 5.83. The molecule has 0 radical (unpaired) electrons. The number of phenolic OH excluding ortho intramolecular Hbond substituents is 2. The predicted molar refractivity (Wildman–Crippen MR) is 59.3 cm³/mol. The number of hydrogen-bond acceptors (Lipinski definition) is 6. The first-order valence-corrected chi connectivity index (χ1v) is 4.91. The monoisotopic (exact) mass is 241 g/mol. The van der Waals surface area contributed by atoms with Gasteiger partial charge >= 0.3 is 0 Å². The summed E-state index contributed by atoms with van der Waals surface area (Å²) < 4.78 is 0. The Morgan fingerprint density at radius 1 is 1.29 bits per heavy atom. The highest BCUT2D eigenvalue weighted by Gasteiger charge is 2.41. The van der Waals surface area contributed by atoms with Crippen LogP contribution in [0.25, 0.3) is 0 Å². The number of benzene rings is 1. The smallest absolute Gasteiger partial charge is 0.220 e. The lowest BCUT2D eigenvalue weighted by Gasteiger charge is -2.28. The number of ketones is 1. The second-order valence-electron chi connectivity index (χ2n) is 3.99. The number of aryl methyl sites for hydroxylation is 1. The lowest BCUT2D eigenvalue weighted by atomic mass is 9.93. The molecule has 0 aliphatic heterocycles. The molecular weight excluding hydrogens is 226 g/mol. The van der Waals surface area contributed by atoms with Gasteiger partial charge in [-0.05, 0) is 31.5 Å². The molecule has 94 valence electrons. The van der Waals surface area contributed by atoms with Gasteiger partial charge in [-0.25, -0.2) is 0 Å². The van der Waals surface area contributed by atoms with E-state index in [0.29, 0.717) is 5.56 Å². The Hall–Kier alpha value is -1.63. The lowest BCUT2D eigenvalue weighted by molar-refractivity contribution is -0.189. The molecule has 0 heterocycles. The number of aliphatic hydroxyl groups is 2. The van der Waals surface area contributed by atoms with Crippen LogP contribution in [0, 0.1) is 6.92 Å². The summed E-state index contributed by atoms with van der Waals surface area (Å²) in [5.41, 5.74) is 5.28. The maximum Gasteiger partial charge on any atom is 0.220 e. The maximum absolute atomic E-state index is 11.0. The molecule has 6 N–H and O–H groups in total. The van der Waals surface area contributed by atoms with Gasteiger partial charge in [0.2, 0.25) is 5.79 Å². The number of carbonyl (C=O) groups is 1. The van der Waals surface area contributed by atoms with Gasteiger partial charge in [0.05, 0.1) is 5.56 Å². The Bertz CT molecular complexity index is 432. The fraction of sp³-hybridized carbons (Fsp3) is 0.364. The van der Waals surface area contributed by atoms with E-state index in [1.807, 2.05) is 0 Å². The molecule has 6 nitrogen and oxygen atoms in total.